The number of nitrogens with zero attached hydrogens (tertiary/aromatic N) is 1. The number of ketones is 1. The van der Waals surface area contributed by atoms with Gasteiger partial charge in [0.2, 0.25) is 0 Å². The molecule has 96 valence electrons. The van der Waals surface area contributed by atoms with Crippen LogP contribution in [0.4, 0.5) is 13.2 Å². The summed E-state index contributed by atoms with van der Waals surface area (Å²) in [7, 11) is 0. The van der Waals surface area contributed by atoms with Crippen molar-refractivity contribution in [2.75, 3.05) is 0 Å². The molecular weight excluding hydrogens is 243 g/mol. The van der Waals surface area contributed by atoms with Crippen molar-refractivity contribution in [1.82, 2.24) is 0 Å². The smallest absolute Gasteiger partial charge is 0.293 e. The van der Waals surface area contributed by atoms with Crippen LogP contribution in [0.3, 0.4) is 0 Å². The molecule has 0 heterocycles. The summed E-state index contributed by atoms with van der Waals surface area (Å²) in [6.45, 7) is 1.84. The summed E-state index contributed by atoms with van der Waals surface area (Å²) in [6, 6.07) is 5.82. The number of carbonyl (C=O) groups excluding carboxylic acids is 1. The fourth-order valence-electron chi connectivity index (χ4n) is 1.57. The van der Waals surface area contributed by atoms with Crippen LogP contribution in [0.25, 0.3) is 0 Å². The Hall–Kier alpha value is -1.83. The first-order chi connectivity index (χ1) is 8.40. The van der Waals surface area contributed by atoms with Crippen molar-refractivity contribution in [3.63, 3.8) is 0 Å². The number of alkyl halides is 3. The molecule has 0 spiro atoms. The molecule has 0 bridgehead atoms. The lowest BCUT2D eigenvalue weighted by molar-refractivity contribution is -0.137. The fourth-order valence-corrected chi connectivity index (χ4v) is 1.57. The summed E-state index contributed by atoms with van der Waals surface area (Å²) in [5, 5.41) is 8.82. The zero-order valence-electron chi connectivity index (χ0n) is 9.79. The van der Waals surface area contributed by atoms with Gasteiger partial charge >= 0.3 is 6.18 Å². The minimum atomic E-state index is -4.42. The molecule has 5 heteroatoms. The number of carbonyl (C=O) groups is 1. The summed E-state index contributed by atoms with van der Waals surface area (Å²) in [6.07, 6.45) is -3.33. The maximum atomic E-state index is 12.3. The van der Waals surface area contributed by atoms with Crippen molar-refractivity contribution >= 4 is 5.78 Å². The average Bonchev–Trinajstić information content (AvgIpc) is 2.34. The molecule has 1 aromatic carbocycles. The number of nitriles is 1. The summed E-state index contributed by atoms with van der Waals surface area (Å²) >= 11 is 0. The van der Waals surface area contributed by atoms with Gasteiger partial charge in [0.1, 0.15) is 5.92 Å². The van der Waals surface area contributed by atoms with E-state index in [0.717, 1.165) is 24.3 Å². The molecule has 0 aliphatic carbocycles. The van der Waals surface area contributed by atoms with Crippen molar-refractivity contribution in [2.45, 2.75) is 25.9 Å². The fraction of sp³-hybridized carbons (Fsp3) is 0.385. The maximum absolute atomic E-state index is 12.3. The molecule has 0 aliphatic heterocycles. The molecule has 1 rings (SSSR count). The molecule has 18 heavy (non-hydrogen) atoms. The Morgan fingerprint density at radius 1 is 1.33 bits per heavy atom. The Kier molecular flexibility index (Phi) is 4.49. The van der Waals surface area contributed by atoms with Gasteiger partial charge in [0.05, 0.1) is 11.6 Å². The van der Waals surface area contributed by atoms with Gasteiger partial charge in [-0.25, -0.2) is 0 Å². The standard InChI is InChI=1S/C13H12F3NO/c1-2-3-10(8-17)12(18)9-4-6-11(7-5-9)13(14,15)16/h4-7,10H,2-3H2,1H3. The second-order valence-corrected chi connectivity index (χ2v) is 3.91. The number of Topliss-reactive ketones (excluding diaryl/α,β-unsaturated/α-hetero) is 1. The van der Waals surface area contributed by atoms with Crippen LogP contribution in [0.2, 0.25) is 0 Å². The molecule has 1 unspecified atom stereocenters. The van der Waals surface area contributed by atoms with E-state index in [4.69, 9.17) is 5.26 Å². The minimum Gasteiger partial charge on any atom is -0.293 e. The molecule has 0 radical (unpaired) electrons. The molecule has 0 saturated heterocycles. The molecule has 0 fully saturated rings. The van der Waals surface area contributed by atoms with E-state index in [0.29, 0.717) is 12.8 Å². The third kappa shape index (κ3) is 3.33. The first-order valence-corrected chi connectivity index (χ1v) is 5.51. The molecule has 0 amide bonds. The Morgan fingerprint density at radius 2 is 1.89 bits per heavy atom. The van der Waals surface area contributed by atoms with E-state index < -0.39 is 23.4 Å². The van der Waals surface area contributed by atoms with Crippen LogP contribution in [-0.4, -0.2) is 5.78 Å². The van der Waals surface area contributed by atoms with Crippen LogP contribution in [0, 0.1) is 17.2 Å². The predicted molar refractivity (Wildman–Crippen MR) is 59.8 cm³/mol. The first kappa shape index (κ1) is 14.2. The Bertz CT molecular complexity index is 457. The van der Waals surface area contributed by atoms with Crippen molar-refractivity contribution in [3.8, 4) is 6.07 Å². The van der Waals surface area contributed by atoms with Crippen molar-refractivity contribution in [2.24, 2.45) is 5.92 Å². The zero-order chi connectivity index (χ0) is 13.8. The molecule has 0 aliphatic rings. The molecule has 0 saturated carbocycles. The highest BCUT2D eigenvalue weighted by Gasteiger charge is 2.30. The molecular formula is C13H12F3NO. The van der Waals surface area contributed by atoms with E-state index >= 15 is 0 Å². The Labute approximate surface area is 103 Å². The lowest BCUT2D eigenvalue weighted by Crippen LogP contribution is -2.13. The summed E-state index contributed by atoms with van der Waals surface area (Å²) in [4.78, 5) is 11.8. The lowest BCUT2D eigenvalue weighted by Gasteiger charge is -2.09. The number of halogens is 3. The molecule has 1 atom stereocenters. The van der Waals surface area contributed by atoms with Gasteiger partial charge in [-0.2, -0.15) is 18.4 Å². The van der Waals surface area contributed by atoms with E-state index in [1.807, 2.05) is 13.0 Å². The van der Waals surface area contributed by atoms with E-state index in [-0.39, 0.29) is 5.56 Å². The van der Waals surface area contributed by atoms with Gasteiger partial charge in [-0.3, -0.25) is 4.79 Å². The second kappa shape index (κ2) is 5.67. The number of hydrogen-bond acceptors (Lipinski definition) is 2. The SMILES string of the molecule is CCCC(C#N)C(=O)c1ccc(C(F)(F)F)cc1. The number of hydrogen-bond donors (Lipinski definition) is 0. The average molecular weight is 255 g/mol. The van der Waals surface area contributed by atoms with Crippen LogP contribution < -0.4 is 0 Å². The minimum absolute atomic E-state index is 0.142. The van der Waals surface area contributed by atoms with Crippen molar-refractivity contribution < 1.29 is 18.0 Å². The highest BCUT2D eigenvalue weighted by Crippen LogP contribution is 2.29. The molecule has 2 nitrogen and oxygen atoms in total. The third-order valence-electron chi connectivity index (χ3n) is 2.55. The van der Waals surface area contributed by atoms with Gasteiger partial charge in [-0.1, -0.05) is 25.5 Å². The molecule has 0 N–H and O–H groups in total. The highest BCUT2D eigenvalue weighted by molar-refractivity contribution is 5.99. The van der Waals surface area contributed by atoms with Crippen LogP contribution in [0.1, 0.15) is 35.7 Å². The Morgan fingerprint density at radius 3 is 2.28 bits per heavy atom. The van der Waals surface area contributed by atoms with E-state index in [2.05, 4.69) is 0 Å². The largest absolute Gasteiger partial charge is 0.416 e. The lowest BCUT2D eigenvalue weighted by atomic mass is 9.94. The van der Waals surface area contributed by atoms with Gasteiger partial charge < -0.3 is 0 Å². The second-order valence-electron chi connectivity index (χ2n) is 3.91. The summed E-state index contributed by atoms with van der Waals surface area (Å²) in [5.41, 5.74) is -0.661. The van der Waals surface area contributed by atoms with E-state index in [9.17, 15) is 18.0 Å². The predicted octanol–water partition coefficient (Wildman–Crippen LogP) is 3.83. The Balaban J connectivity index is 2.92. The highest BCUT2D eigenvalue weighted by atomic mass is 19.4. The summed E-state index contributed by atoms with van der Waals surface area (Å²) in [5.74, 6) is -1.21. The van der Waals surface area contributed by atoms with Crippen LogP contribution in [0.15, 0.2) is 24.3 Å². The van der Waals surface area contributed by atoms with E-state index in [1.54, 1.807) is 0 Å². The van der Waals surface area contributed by atoms with Gasteiger partial charge in [0.25, 0.3) is 0 Å². The quantitative estimate of drug-likeness (QED) is 0.767. The van der Waals surface area contributed by atoms with Crippen molar-refractivity contribution in [3.05, 3.63) is 35.4 Å². The third-order valence-corrected chi connectivity index (χ3v) is 2.55. The van der Waals surface area contributed by atoms with E-state index in [1.165, 1.54) is 0 Å². The zero-order valence-corrected chi connectivity index (χ0v) is 9.79. The van der Waals surface area contributed by atoms with Gasteiger partial charge in [-0.05, 0) is 18.6 Å². The topological polar surface area (TPSA) is 40.9 Å². The normalized spacial score (nSPS) is 12.8. The molecule has 0 aromatic heterocycles. The first-order valence-electron chi connectivity index (χ1n) is 5.51. The van der Waals surface area contributed by atoms with Crippen LogP contribution >= 0.6 is 0 Å². The summed E-state index contributed by atoms with van der Waals surface area (Å²) < 4.78 is 37.0. The number of benzene rings is 1. The van der Waals surface area contributed by atoms with Gasteiger partial charge in [0, 0.05) is 5.56 Å². The maximum Gasteiger partial charge on any atom is 0.416 e. The number of rotatable bonds is 4. The van der Waals surface area contributed by atoms with Crippen LogP contribution in [0.5, 0.6) is 0 Å². The monoisotopic (exact) mass is 255 g/mol. The van der Waals surface area contributed by atoms with Gasteiger partial charge in [0.15, 0.2) is 5.78 Å². The van der Waals surface area contributed by atoms with Crippen LogP contribution in [-0.2, 0) is 6.18 Å². The van der Waals surface area contributed by atoms with Gasteiger partial charge in [-0.15, -0.1) is 0 Å². The van der Waals surface area contributed by atoms with Crippen molar-refractivity contribution in [1.29, 1.82) is 5.26 Å². The molecule has 1 aromatic rings.